The standard InChI is InChI=1S/C26H20FN3O/c27-21-12-6-4-8-17(21)14-15-28-26(31)23-16-20-19-11-5-7-13-22(19)29-25(20)24(30-23)18-9-2-1-3-10-18/h1-13,16,29H,14-15H2,(H,28,31). The number of hydrogen-bond acceptors (Lipinski definition) is 2. The number of aromatic amines is 1. The summed E-state index contributed by atoms with van der Waals surface area (Å²) < 4.78 is 13.8. The molecule has 3 aromatic carbocycles. The van der Waals surface area contributed by atoms with Crippen molar-refractivity contribution in [2.24, 2.45) is 0 Å². The van der Waals surface area contributed by atoms with E-state index in [9.17, 15) is 9.18 Å². The Kier molecular flexibility index (Phi) is 4.92. The normalized spacial score (nSPS) is 11.1. The van der Waals surface area contributed by atoms with Gasteiger partial charge in [-0.1, -0.05) is 66.7 Å². The highest BCUT2D eigenvalue weighted by Gasteiger charge is 2.17. The third-order valence-electron chi connectivity index (χ3n) is 5.41. The maximum Gasteiger partial charge on any atom is 0.269 e. The molecular formula is C26H20FN3O. The number of carbonyl (C=O) groups excluding carboxylic acids is 1. The quantitative estimate of drug-likeness (QED) is 0.403. The zero-order valence-electron chi connectivity index (χ0n) is 16.7. The average Bonchev–Trinajstić information content (AvgIpc) is 3.19. The van der Waals surface area contributed by atoms with E-state index in [1.165, 1.54) is 6.07 Å². The molecular weight excluding hydrogens is 389 g/mol. The number of pyridine rings is 1. The van der Waals surface area contributed by atoms with Crippen LogP contribution in [0.15, 0.2) is 84.9 Å². The van der Waals surface area contributed by atoms with Gasteiger partial charge in [-0.05, 0) is 30.2 Å². The summed E-state index contributed by atoms with van der Waals surface area (Å²) in [7, 11) is 0. The van der Waals surface area contributed by atoms with Gasteiger partial charge in [0.05, 0.1) is 11.2 Å². The molecule has 0 aliphatic carbocycles. The number of para-hydroxylation sites is 1. The summed E-state index contributed by atoms with van der Waals surface area (Å²) in [5.74, 6) is -0.540. The third-order valence-corrected chi connectivity index (χ3v) is 5.41. The molecule has 0 radical (unpaired) electrons. The van der Waals surface area contributed by atoms with Gasteiger partial charge in [-0.25, -0.2) is 9.37 Å². The van der Waals surface area contributed by atoms with Gasteiger partial charge in [0.1, 0.15) is 11.5 Å². The van der Waals surface area contributed by atoms with Gasteiger partial charge in [0.15, 0.2) is 0 Å². The van der Waals surface area contributed by atoms with Gasteiger partial charge in [-0.3, -0.25) is 4.79 Å². The number of nitrogens with one attached hydrogen (secondary N) is 2. The Morgan fingerprint density at radius 2 is 1.65 bits per heavy atom. The monoisotopic (exact) mass is 409 g/mol. The van der Waals surface area contributed by atoms with E-state index in [2.05, 4.69) is 10.3 Å². The van der Waals surface area contributed by atoms with Crippen LogP contribution in [0.5, 0.6) is 0 Å². The fourth-order valence-electron chi connectivity index (χ4n) is 3.87. The summed E-state index contributed by atoms with van der Waals surface area (Å²) >= 11 is 0. The van der Waals surface area contributed by atoms with Crippen LogP contribution < -0.4 is 5.32 Å². The van der Waals surface area contributed by atoms with Crippen LogP contribution in [0.4, 0.5) is 4.39 Å². The maximum absolute atomic E-state index is 13.8. The molecule has 2 N–H and O–H groups in total. The molecule has 152 valence electrons. The molecule has 4 nitrogen and oxygen atoms in total. The topological polar surface area (TPSA) is 57.8 Å². The number of hydrogen-bond donors (Lipinski definition) is 2. The SMILES string of the molecule is O=C(NCCc1ccccc1F)c1cc2c([nH]c3ccccc32)c(-c2ccccc2)n1. The molecule has 0 aliphatic heterocycles. The molecule has 2 aromatic heterocycles. The number of fused-ring (bicyclic) bond motifs is 3. The molecule has 5 rings (SSSR count). The van der Waals surface area contributed by atoms with Gasteiger partial charge in [0.2, 0.25) is 0 Å². The van der Waals surface area contributed by atoms with E-state index < -0.39 is 0 Å². The Morgan fingerprint density at radius 1 is 0.903 bits per heavy atom. The first-order valence-electron chi connectivity index (χ1n) is 10.2. The molecule has 0 spiro atoms. The number of rotatable bonds is 5. The number of amides is 1. The zero-order valence-corrected chi connectivity index (χ0v) is 16.7. The second-order valence-electron chi connectivity index (χ2n) is 7.41. The van der Waals surface area contributed by atoms with Gasteiger partial charge in [-0.2, -0.15) is 0 Å². The van der Waals surface area contributed by atoms with Crippen LogP contribution in [0, 0.1) is 5.82 Å². The van der Waals surface area contributed by atoms with Gasteiger partial charge in [0.25, 0.3) is 5.91 Å². The first-order chi connectivity index (χ1) is 15.2. The molecule has 0 fully saturated rings. The van der Waals surface area contributed by atoms with Crippen molar-refractivity contribution >= 4 is 27.7 Å². The first-order valence-corrected chi connectivity index (χ1v) is 10.2. The second-order valence-corrected chi connectivity index (χ2v) is 7.41. The van der Waals surface area contributed by atoms with E-state index >= 15 is 0 Å². The average molecular weight is 409 g/mol. The molecule has 1 amide bonds. The Hall–Kier alpha value is -3.99. The lowest BCUT2D eigenvalue weighted by atomic mass is 10.1. The minimum Gasteiger partial charge on any atom is -0.353 e. The van der Waals surface area contributed by atoms with Crippen molar-refractivity contribution in [1.29, 1.82) is 0 Å². The minimum atomic E-state index is -0.277. The van der Waals surface area contributed by atoms with Gasteiger partial charge in [-0.15, -0.1) is 0 Å². The highest BCUT2D eigenvalue weighted by atomic mass is 19.1. The number of benzene rings is 3. The smallest absolute Gasteiger partial charge is 0.269 e. The number of aromatic nitrogens is 2. The third kappa shape index (κ3) is 3.66. The molecule has 0 atom stereocenters. The zero-order chi connectivity index (χ0) is 21.2. The highest BCUT2D eigenvalue weighted by molar-refractivity contribution is 6.13. The van der Waals surface area contributed by atoms with Crippen LogP contribution in [-0.2, 0) is 6.42 Å². The van der Waals surface area contributed by atoms with Crippen molar-refractivity contribution < 1.29 is 9.18 Å². The van der Waals surface area contributed by atoms with Crippen molar-refractivity contribution in [1.82, 2.24) is 15.3 Å². The van der Waals surface area contributed by atoms with Crippen molar-refractivity contribution in [2.75, 3.05) is 6.54 Å². The van der Waals surface area contributed by atoms with Gasteiger partial charge in [0, 0.05) is 28.4 Å². The summed E-state index contributed by atoms with van der Waals surface area (Å²) in [6.07, 6.45) is 0.416. The lowest BCUT2D eigenvalue weighted by Gasteiger charge is -2.09. The van der Waals surface area contributed by atoms with E-state index in [-0.39, 0.29) is 11.7 Å². The molecule has 2 heterocycles. The molecule has 5 heteroatoms. The lowest BCUT2D eigenvalue weighted by molar-refractivity contribution is 0.0949. The van der Waals surface area contributed by atoms with Crippen LogP contribution in [0.3, 0.4) is 0 Å². The largest absolute Gasteiger partial charge is 0.353 e. The minimum absolute atomic E-state index is 0.263. The van der Waals surface area contributed by atoms with Gasteiger partial charge < -0.3 is 10.3 Å². The fraction of sp³-hybridized carbons (Fsp3) is 0.0769. The Morgan fingerprint density at radius 3 is 2.48 bits per heavy atom. The van der Waals surface area contributed by atoms with E-state index in [1.807, 2.05) is 60.7 Å². The Labute approximate surface area is 178 Å². The van der Waals surface area contributed by atoms with Crippen molar-refractivity contribution in [3.05, 3.63) is 102 Å². The second kappa shape index (κ2) is 8.03. The van der Waals surface area contributed by atoms with Crippen molar-refractivity contribution in [3.63, 3.8) is 0 Å². The van der Waals surface area contributed by atoms with Gasteiger partial charge >= 0.3 is 0 Å². The maximum atomic E-state index is 13.8. The molecule has 0 bridgehead atoms. The van der Waals surface area contributed by atoms with Crippen LogP contribution >= 0.6 is 0 Å². The number of nitrogens with zero attached hydrogens (tertiary/aromatic N) is 1. The lowest BCUT2D eigenvalue weighted by Crippen LogP contribution is -2.26. The van der Waals surface area contributed by atoms with Crippen LogP contribution in [0.2, 0.25) is 0 Å². The fourth-order valence-corrected chi connectivity index (χ4v) is 3.87. The first kappa shape index (κ1) is 19.0. The predicted molar refractivity (Wildman–Crippen MR) is 121 cm³/mol. The molecule has 0 unspecified atom stereocenters. The van der Waals surface area contributed by atoms with Crippen LogP contribution in [0.1, 0.15) is 16.1 Å². The van der Waals surface area contributed by atoms with Crippen molar-refractivity contribution in [2.45, 2.75) is 6.42 Å². The summed E-state index contributed by atoms with van der Waals surface area (Å²) in [5.41, 5.74) is 4.47. The highest BCUT2D eigenvalue weighted by Crippen LogP contribution is 2.32. The Balaban J connectivity index is 1.51. The van der Waals surface area contributed by atoms with E-state index in [0.29, 0.717) is 24.2 Å². The molecule has 0 aliphatic rings. The predicted octanol–water partition coefficient (Wildman–Crippen LogP) is 5.49. The summed E-state index contributed by atoms with van der Waals surface area (Å²) in [6.45, 7) is 0.327. The van der Waals surface area contributed by atoms with E-state index in [1.54, 1.807) is 18.2 Å². The van der Waals surface area contributed by atoms with Crippen molar-refractivity contribution in [3.8, 4) is 11.3 Å². The number of carbonyl (C=O) groups is 1. The summed E-state index contributed by atoms with van der Waals surface area (Å²) in [4.78, 5) is 21.1. The van der Waals surface area contributed by atoms with E-state index in [0.717, 1.165) is 33.1 Å². The molecule has 5 aromatic rings. The number of H-pyrrole nitrogens is 1. The summed E-state index contributed by atoms with van der Waals surface area (Å²) in [5, 5.41) is 4.87. The summed E-state index contributed by atoms with van der Waals surface area (Å²) in [6, 6.07) is 26.2. The van der Waals surface area contributed by atoms with Crippen LogP contribution in [0.25, 0.3) is 33.1 Å². The van der Waals surface area contributed by atoms with Crippen LogP contribution in [-0.4, -0.2) is 22.4 Å². The Bertz CT molecular complexity index is 1390. The molecule has 0 saturated heterocycles. The van der Waals surface area contributed by atoms with E-state index in [4.69, 9.17) is 4.98 Å². The molecule has 31 heavy (non-hydrogen) atoms. The molecule has 0 saturated carbocycles. The number of halogens is 1.